The summed E-state index contributed by atoms with van der Waals surface area (Å²) in [6, 6.07) is 13.9. The molecule has 1 N–H and O–H groups in total. The molecule has 0 bridgehead atoms. The van der Waals surface area contributed by atoms with Gasteiger partial charge in [-0.3, -0.25) is 9.69 Å². The van der Waals surface area contributed by atoms with E-state index in [0.717, 1.165) is 37.9 Å². The number of benzene rings is 2. The van der Waals surface area contributed by atoms with Crippen LogP contribution in [0, 0.1) is 19.8 Å². The fourth-order valence-electron chi connectivity index (χ4n) is 4.30. The van der Waals surface area contributed by atoms with Crippen molar-refractivity contribution in [2.75, 3.05) is 13.1 Å². The summed E-state index contributed by atoms with van der Waals surface area (Å²) >= 11 is 6.06. The molecule has 1 aliphatic rings. The standard InChI is InChI=1S/C26H31ClN4O2/c1-4-23(20-9-8-17(2)18(3)14-20)28-26(32)19-10-12-31(13-11-19)16-24-29-25(30-33-24)21-6-5-7-22(27)15-21/h5-9,14-15,19,23H,4,10-13,16H2,1-3H3,(H,28,32). The number of piperidine rings is 1. The first-order valence-electron chi connectivity index (χ1n) is 11.6. The van der Waals surface area contributed by atoms with Gasteiger partial charge in [-0.25, -0.2) is 0 Å². The molecule has 1 unspecified atom stereocenters. The van der Waals surface area contributed by atoms with Crippen LogP contribution in [0.3, 0.4) is 0 Å². The summed E-state index contributed by atoms with van der Waals surface area (Å²) in [6.07, 6.45) is 2.52. The second-order valence-corrected chi connectivity index (χ2v) is 9.32. The molecule has 1 amide bonds. The summed E-state index contributed by atoms with van der Waals surface area (Å²) in [4.78, 5) is 19.7. The summed E-state index contributed by atoms with van der Waals surface area (Å²) in [5.41, 5.74) is 4.54. The van der Waals surface area contributed by atoms with Gasteiger partial charge in [0.1, 0.15) is 0 Å². The molecule has 3 aromatic rings. The highest BCUT2D eigenvalue weighted by Crippen LogP contribution is 2.24. The van der Waals surface area contributed by atoms with Crippen molar-refractivity contribution in [2.45, 2.75) is 52.6 Å². The number of nitrogens with one attached hydrogen (secondary N) is 1. The lowest BCUT2D eigenvalue weighted by molar-refractivity contribution is -0.127. The Kier molecular flexibility index (Phi) is 7.46. The third-order valence-electron chi connectivity index (χ3n) is 6.53. The van der Waals surface area contributed by atoms with Gasteiger partial charge in [0, 0.05) is 16.5 Å². The summed E-state index contributed by atoms with van der Waals surface area (Å²) in [7, 11) is 0. The summed E-state index contributed by atoms with van der Waals surface area (Å²) in [5, 5.41) is 8.00. The Morgan fingerprint density at radius 1 is 1.18 bits per heavy atom. The van der Waals surface area contributed by atoms with Gasteiger partial charge >= 0.3 is 0 Å². The number of amides is 1. The normalized spacial score (nSPS) is 16.0. The van der Waals surface area contributed by atoms with E-state index in [1.54, 1.807) is 0 Å². The van der Waals surface area contributed by atoms with Crippen molar-refractivity contribution in [3.63, 3.8) is 0 Å². The molecule has 1 saturated heterocycles. The molecule has 0 spiro atoms. The molecule has 1 atom stereocenters. The molecule has 1 aromatic heterocycles. The Morgan fingerprint density at radius 3 is 2.67 bits per heavy atom. The monoisotopic (exact) mass is 466 g/mol. The van der Waals surface area contributed by atoms with E-state index in [4.69, 9.17) is 16.1 Å². The molecule has 7 heteroatoms. The third-order valence-corrected chi connectivity index (χ3v) is 6.76. The van der Waals surface area contributed by atoms with Gasteiger partial charge in [0.2, 0.25) is 17.6 Å². The highest BCUT2D eigenvalue weighted by Gasteiger charge is 2.27. The Hall–Kier alpha value is -2.70. The van der Waals surface area contributed by atoms with Crippen LogP contribution in [-0.2, 0) is 11.3 Å². The topological polar surface area (TPSA) is 71.3 Å². The second kappa shape index (κ2) is 10.5. The zero-order valence-corrected chi connectivity index (χ0v) is 20.2. The Morgan fingerprint density at radius 2 is 1.97 bits per heavy atom. The number of aryl methyl sites for hydroxylation is 2. The van der Waals surface area contributed by atoms with Crippen LogP contribution >= 0.6 is 11.6 Å². The van der Waals surface area contributed by atoms with Crippen molar-refractivity contribution in [3.05, 3.63) is 70.1 Å². The van der Waals surface area contributed by atoms with Crippen molar-refractivity contribution in [2.24, 2.45) is 5.92 Å². The molecular formula is C26H31ClN4O2. The van der Waals surface area contributed by atoms with Gasteiger partial charge in [-0.1, -0.05) is 54.0 Å². The Bertz CT molecular complexity index is 1110. The van der Waals surface area contributed by atoms with Crippen LogP contribution in [0.2, 0.25) is 5.02 Å². The quantitative estimate of drug-likeness (QED) is 0.498. The number of aromatic nitrogens is 2. The van der Waals surface area contributed by atoms with Crippen LogP contribution in [0.25, 0.3) is 11.4 Å². The Labute approximate surface area is 200 Å². The maximum absolute atomic E-state index is 13.0. The fraction of sp³-hybridized carbons (Fsp3) is 0.423. The van der Waals surface area contributed by atoms with Crippen molar-refractivity contribution in [3.8, 4) is 11.4 Å². The van der Waals surface area contributed by atoms with Gasteiger partial charge in [0.15, 0.2) is 0 Å². The molecule has 2 aromatic carbocycles. The number of carbonyl (C=O) groups is 1. The first-order valence-corrected chi connectivity index (χ1v) is 12.0. The summed E-state index contributed by atoms with van der Waals surface area (Å²) in [5.74, 6) is 1.31. The first kappa shape index (κ1) is 23.5. The molecule has 2 heterocycles. The minimum absolute atomic E-state index is 0.0338. The maximum Gasteiger partial charge on any atom is 0.241 e. The van der Waals surface area contributed by atoms with Crippen LogP contribution in [-0.4, -0.2) is 34.0 Å². The predicted molar refractivity (Wildman–Crippen MR) is 130 cm³/mol. The van der Waals surface area contributed by atoms with Gasteiger partial charge in [0.05, 0.1) is 12.6 Å². The molecule has 0 saturated carbocycles. The lowest BCUT2D eigenvalue weighted by Gasteiger charge is -2.31. The third kappa shape index (κ3) is 5.81. The predicted octanol–water partition coefficient (Wildman–Crippen LogP) is 5.49. The molecule has 4 rings (SSSR count). The van der Waals surface area contributed by atoms with Crippen molar-refractivity contribution in [1.29, 1.82) is 0 Å². The van der Waals surface area contributed by atoms with Gasteiger partial charge < -0.3 is 9.84 Å². The Balaban J connectivity index is 1.29. The number of rotatable bonds is 7. The maximum atomic E-state index is 13.0. The number of carbonyl (C=O) groups excluding carboxylic acids is 1. The van der Waals surface area contributed by atoms with E-state index in [1.165, 1.54) is 16.7 Å². The highest BCUT2D eigenvalue weighted by molar-refractivity contribution is 6.30. The minimum atomic E-state index is 0.0338. The van der Waals surface area contributed by atoms with Gasteiger partial charge in [-0.2, -0.15) is 4.98 Å². The van der Waals surface area contributed by atoms with E-state index in [0.29, 0.717) is 23.3 Å². The number of hydrogen-bond acceptors (Lipinski definition) is 5. The molecule has 33 heavy (non-hydrogen) atoms. The van der Waals surface area contributed by atoms with Crippen molar-refractivity contribution >= 4 is 17.5 Å². The first-order chi connectivity index (χ1) is 15.9. The average Bonchev–Trinajstić information content (AvgIpc) is 3.28. The van der Waals surface area contributed by atoms with Gasteiger partial charge in [-0.15, -0.1) is 0 Å². The smallest absolute Gasteiger partial charge is 0.241 e. The SMILES string of the molecule is CCC(NC(=O)C1CCN(Cc2nc(-c3cccc(Cl)c3)no2)CC1)c1ccc(C)c(C)c1. The second-order valence-electron chi connectivity index (χ2n) is 8.89. The van der Waals surface area contributed by atoms with Crippen LogP contribution in [0.1, 0.15) is 54.8 Å². The minimum Gasteiger partial charge on any atom is -0.349 e. The molecule has 6 nitrogen and oxygen atoms in total. The van der Waals surface area contributed by atoms with E-state index in [2.05, 4.69) is 59.3 Å². The highest BCUT2D eigenvalue weighted by atomic mass is 35.5. The van der Waals surface area contributed by atoms with Gasteiger partial charge in [-0.05, 0) is 75.0 Å². The van der Waals surface area contributed by atoms with Crippen LogP contribution in [0.4, 0.5) is 0 Å². The lowest BCUT2D eigenvalue weighted by Crippen LogP contribution is -2.41. The lowest BCUT2D eigenvalue weighted by atomic mass is 9.94. The van der Waals surface area contributed by atoms with Crippen molar-refractivity contribution < 1.29 is 9.32 Å². The number of likely N-dealkylation sites (tertiary alicyclic amines) is 1. The molecule has 0 radical (unpaired) electrons. The summed E-state index contributed by atoms with van der Waals surface area (Å²) in [6.45, 7) is 8.58. The van der Waals surface area contributed by atoms with E-state index in [-0.39, 0.29) is 17.9 Å². The number of nitrogens with zero attached hydrogens (tertiary/aromatic N) is 3. The van der Waals surface area contributed by atoms with E-state index >= 15 is 0 Å². The molecule has 174 valence electrons. The van der Waals surface area contributed by atoms with Crippen LogP contribution in [0.15, 0.2) is 47.0 Å². The molecule has 0 aliphatic carbocycles. The number of halogens is 1. The van der Waals surface area contributed by atoms with E-state index in [1.807, 2.05) is 24.3 Å². The fourth-order valence-corrected chi connectivity index (χ4v) is 4.49. The zero-order chi connectivity index (χ0) is 23.4. The zero-order valence-electron chi connectivity index (χ0n) is 19.5. The molecule has 1 fully saturated rings. The molecule has 1 aliphatic heterocycles. The number of hydrogen-bond donors (Lipinski definition) is 1. The molecular weight excluding hydrogens is 436 g/mol. The largest absolute Gasteiger partial charge is 0.349 e. The van der Waals surface area contributed by atoms with Crippen LogP contribution in [0.5, 0.6) is 0 Å². The average molecular weight is 467 g/mol. The van der Waals surface area contributed by atoms with Gasteiger partial charge in [0.25, 0.3) is 0 Å². The van der Waals surface area contributed by atoms with Crippen LogP contribution < -0.4 is 5.32 Å². The summed E-state index contributed by atoms with van der Waals surface area (Å²) < 4.78 is 5.44. The van der Waals surface area contributed by atoms with Crippen molar-refractivity contribution in [1.82, 2.24) is 20.4 Å². The van der Waals surface area contributed by atoms with E-state index in [9.17, 15) is 4.79 Å². The van der Waals surface area contributed by atoms with E-state index < -0.39 is 0 Å².